The van der Waals surface area contributed by atoms with Crippen LogP contribution in [0.5, 0.6) is 0 Å². The van der Waals surface area contributed by atoms with Crippen molar-refractivity contribution in [3.05, 3.63) is 41.5 Å². The molecule has 1 aromatic carbocycles. The second-order valence-electron chi connectivity index (χ2n) is 5.08. The monoisotopic (exact) mass is 278 g/mol. The Bertz CT molecular complexity index is 608. The molecule has 0 radical (unpaired) electrons. The Morgan fingerprint density at radius 1 is 1.16 bits per heavy atom. The van der Waals surface area contributed by atoms with Crippen molar-refractivity contribution in [3.8, 4) is 0 Å². The van der Waals surface area contributed by atoms with E-state index in [4.69, 9.17) is 0 Å². The largest absolute Gasteiger partial charge is 0.293 e. The third-order valence-electron chi connectivity index (χ3n) is 3.53. The van der Waals surface area contributed by atoms with E-state index in [2.05, 4.69) is 0 Å². The first-order valence-electron chi connectivity index (χ1n) is 6.44. The van der Waals surface area contributed by atoms with E-state index in [0.29, 0.717) is 18.4 Å². The summed E-state index contributed by atoms with van der Waals surface area (Å²) in [5.41, 5.74) is 1.62. The number of ketones is 1. The number of sulfone groups is 1. The van der Waals surface area contributed by atoms with E-state index < -0.39 is 15.1 Å². The van der Waals surface area contributed by atoms with Crippen LogP contribution in [0.4, 0.5) is 0 Å². The van der Waals surface area contributed by atoms with E-state index in [-0.39, 0.29) is 10.7 Å². The van der Waals surface area contributed by atoms with Crippen molar-refractivity contribution in [3.63, 3.8) is 0 Å². The molecule has 0 aliphatic heterocycles. The fourth-order valence-electron chi connectivity index (χ4n) is 2.48. The zero-order valence-corrected chi connectivity index (χ0v) is 12.0. The van der Waals surface area contributed by atoms with E-state index in [1.165, 1.54) is 0 Å². The molecule has 1 fully saturated rings. The van der Waals surface area contributed by atoms with Gasteiger partial charge in [0.1, 0.15) is 5.25 Å². The van der Waals surface area contributed by atoms with Gasteiger partial charge in [-0.3, -0.25) is 4.79 Å². The number of rotatable bonds is 2. The van der Waals surface area contributed by atoms with Gasteiger partial charge in [0.25, 0.3) is 0 Å². The highest BCUT2D eigenvalue weighted by molar-refractivity contribution is 7.92. The SMILES string of the molecule is CC(C)=C1CCCC(S(=O)(=O)c2ccccc2)C1=O. The van der Waals surface area contributed by atoms with Crippen molar-refractivity contribution in [1.29, 1.82) is 0 Å². The predicted octanol–water partition coefficient (Wildman–Crippen LogP) is 2.92. The summed E-state index contributed by atoms with van der Waals surface area (Å²) in [7, 11) is -3.56. The number of Topliss-reactive ketones (excluding diaryl/α,β-unsaturated/α-hetero) is 1. The average molecular weight is 278 g/mol. The minimum absolute atomic E-state index is 0.213. The Balaban J connectivity index is 2.42. The second-order valence-corrected chi connectivity index (χ2v) is 7.21. The van der Waals surface area contributed by atoms with Crippen LogP contribution >= 0.6 is 0 Å². The van der Waals surface area contributed by atoms with Crippen LogP contribution in [0.25, 0.3) is 0 Å². The summed E-state index contributed by atoms with van der Waals surface area (Å²) in [6, 6.07) is 8.24. The molecule has 0 spiro atoms. The molecule has 0 amide bonds. The highest BCUT2D eigenvalue weighted by Crippen LogP contribution is 2.30. The molecule has 1 saturated carbocycles. The molecule has 0 heterocycles. The number of allylic oxidation sites excluding steroid dienone is 2. The molecule has 3 nitrogen and oxygen atoms in total. The molecule has 2 rings (SSSR count). The molecule has 1 aliphatic carbocycles. The van der Waals surface area contributed by atoms with Gasteiger partial charge in [0.05, 0.1) is 4.90 Å². The smallest absolute Gasteiger partial charge is 0.188 e. The lowest BCUT2D eigenvalue weighted by Gasteiger charge is -2.24. The van der Waals surface area contributed by atoms with Crippen molar-refractivity contribution in [1.82, 2.24) is 0 Å². The minimum Gasteiger partial charge on any atom is -0.293 e. The van der Waals surface area contributed by atoms with Gasteiger partial charge in [-0.1, -0.05) is 23.8 Å². The second kappa shape index (κ2) is 5.29. The first-order chi connectivity index (χ1) is 8.94. The first-order valence-corrected chi connectivity index (χ1v) is 7.98. The summed E-state index contributed by atoms with van der Waals surface area (Å²) < 4.78 is 25.0. The van der Waals surface area contributed by atoms with E-state index >= 15 is 0 Å². The maximum Gasteiger partial charge on any atom is 0.188 e. The molecule has 0 bridgehead atoms. The Kier molecular flexibility index (Phi) is 3.90. The highest BCUT2D eigenvalue weighted by atomic mass is 32.2. The minimum atomic E-state index is -3.56. The molecular formula is C15H18O3S. The zero-order valence-electron chi connectivity index (χ0n) is 11.2. The molecule has 0 saturated heterocycles. The lowest BCUT2D eigenvalue weighted by atomic mass is 9.90. The van der Waals surface area contributed by atoms with Crippen molar-refractivity contribution < 1.29 is 13.2 Å². The molecule has 0 aromatic heterocycles. The molecule has 19 heavy (non-hydrogen) atoms. The van der Waals surface area contributed by atoms with Crippen molar-refractivity contribution in [2.75, 3.05) is 0 Å². The summed E-state index contributed by atoms with van der Waals surface area (Å²) in [6.45, 7) is 3.73. The van der Waals surface area contributed by atoms with Crippen LogP contribution in [0.15, 0.2) is 46.4 Å². The Morgan fingerprint density at radius 2 is 1.79 bits per heavy atom. The summed E-state index contributed by atoms with van der Waals surface area (Å²) in [5.74, 6) is -0.213. The van der Waals surface area contributed by atoms with Crippen LogP contribution in [0.2, 0.25) is 0 Å². The third kappa shape index (κ3) is 2.63. The number of carbonyl (C=O) groups excluding carboxylic acids is 1. The van der Waals surface area contributed by atoms with Crippen molar-refractivity contribution >= 4 is 15.6 Å². The molecule has 4 heteroatoms. The lowest BCUT2D eigenvalue weighted by molar-refractivity contribution is -0.116. The maximum absolute atomic E-state index is 12.5. The van der Waals surface area contributed by atoms with Crippen LogP contribution < -0.4 is 0 Å². The van der Waals surface area contributed by atoms with Crippen LogP contribution in [0.3, 0.4) is 0 Å². The maximum atomic E-state index is 12.5. The Hall–Kier alpha value is -1.42. The van der Waals surface area contributed by atoms with Gasteiger partial charge in [-0.25, -0.2) is 8.42 Å². The highest BCUT2D eigenvalue weighted by Gasteiger charge is 2.37. The predicted molar refractivity (Wildman–Crippen MR) is 74.6 cm³/mol. The van der Waals surface area contributed by atoms with E-state index in [1.54, 1.807) is 30.3 Å². The standard InChI is InChI=1S/C15H18O3S/c1-11(2)13-9-6-10-14(15(13)16)19(17,18)12-7-4-3-5-8-12/h3-5,7-8,14H,6,9-10H2,1-2H3. The van der Waals surface area contributed by atoms with Gasteiger partial charge >= 0.3 is 0 Å². The fraction of sp³-hybridized carbons (Fsp3) is 0.400. The van der Waals surface area contributed by atoms with Gasteiger partial charge in [0, 0.05) is 0 Å². The number of benzene rings is 1. The summed E-state index contributed by atoms with van der Waals surface area (Å²) in [5, 5.41) is -0.909. The van der Waals surface area contributed by atoms with Gasteiger partial charge in [-0.15, -0.1) is 0 Å². The van der Waals surface area contributed by atoms with Crippen LogP contribution in [-0.2, 0) is 14.6 Å². The molecule has 1 aliphatic rings. The Morgan fingerprint density at radius 3 is 2.37 bits per heavy atom. The lowest BCUT2D eigenvalue weighted by Crippen LogP contribution is -2.35. The van der Waals surface area contributed by atoms with Crippen LogP contribution in [0.1, 0.15) is 33.1 Å². The summed E-state index contributed by atoms with van der Waals surface area (Å²) >= 11 is 0. The van der Waals surface area contributed by atoms with Gasteiger partial charge < -0.3 is 0 Å². The number of carbonyl (C=O) groups is 1. The molecule has 1 aromatic rings. The first kappa shape index (κ1) is 14.0. The molecular weight excluding hydrogens is 260 g/mol. The Labute approximate surface area is 114 Å². The van der Waals surface area contributed by atoms with Gasteiger partial charge in [0.2, 0.25) is 0 Å². The van der Waals surface area contributed by atoms with Crippen LogP contribution in [0, 0.1) is 0 Å². The molecule has 1 unspecified atom stereocenters. The van der Waals surface area contributed by atoms with Gasteiger partial charge in [-0.2, -0.15) is 0 Å². The molecule has 102 valence electrons. The third-order valence-corrected chi connectivity index (χ3v) is 5.66. The number of hydrogen-bond acceptors (Lipinski definition) is 3. The fourth-order valence-corrected chi connectivity index (χ4v) is 4.25. The number of hydrogen-bond donors (Lipinski definition) is 0. The van der Waals surface area contributed by atoms with Crippen molar-refractivity contribution in [2.45, 2.75) is 43.3 Å². The van der Waals surface area contributed by atoms with E-state index in [0.717, 1.165) is 12.0 Å². The normalized spacial score (nSPS) is 20.4. The van der Waals surface area contributed by atoms with Gasteiger partial charge in [-0.05, 0) is 50.8 Å². The van der Waals surface area contributed by atoms with E-state index in [1.807, 2.05) is 13.8 Å². The average Bonchev–Trinajstić information content (AvgIpc) is 2.39. The van der Waals surface area contributed by atoms with E-state index in [9.17, 15) is 13.2 Å². The summed E-state index contributed by atoms with van der Waals surface area (Å²) in [6.07, 6.45) is 1.87. The molecule has 0 N–H and O–H groups in total. The molecule has 1 atom stereocenters. The quantitative estimate of drug-likeness (QED) is 0.782. The van der Waals surface area contributed by atoms with Crippen molar-refractivity contribution in [2.24, 2.45) is 0 Å². The zero-order chi connectivity index (χ0) is 14.0. The van der Waals surface area contributed by atoms with Gasteiger partial charge in [0.15, 0.2) is 15.6 Å². The topological polar surface area (TPSA) is 51.2 Å². The summed E-state index contributed by atoms with van der Waals surface area (Å²) in [4.78, 5) is 12.6. The van der Waals surface area contributed by atoms with Crippen LogP contribution in [-0.4, -0.2) is 19.5 Å².